The van der Waals surface area contributed by atoms with Gasteiger partial charge in [0.1, 0.15) is 12.2 Å². The molecule has 0 aliphatic rings. The summed E-state index contributed by atoms with van der Waals surface area (Å²) in [4.78, 5) is 28.5. The largest absolute Gasteiger partial charge is 0.345 e. The monoisotopic (exact) mass is 318 g/mol. The Morgan fingerprint density at radius 1 is 1.17 bits per heavy atom. The van der Waals surface area contributed by atoms with Crippen molar-refractivity contribution in [3.8, 4) is 12.3 Å². The van der Waals surface area contributed by atoms with E-state index in [1.165, 1.54) is 4.68 Å². The van der Waals surface area contributed by atoms with Gasteiger partial charge in [-0.2, -0.15) is 5.10 Å². The molecule has 6 heteroatoms. The lowest BCUT2D eigenvalue weighted by Gasteiger charge is -2.10. The van der Waals surface area contributed by atoms with Gasteiger partial charge in [-0.3, -0.25) is 14.6 Å². The first-order valence-electron chi connectivity index (χ1n) is 7.32. The topological polar surface area (TPSA) is 76.9 Å². The first kappa shape index (κ1) is 15.4. The number of hydrogen-bond donors (Lipinski definition) is 1. The normalized spacial score (nSPS) is 10.3. The summed E-state index contributed by atoms with van der Waals surface area (Å²) >= 11 is 0. The number of terminal acetylenes is 1. The van der Waals surface area contributed by atoms with Crippen LogP contribution >= 0.6 is 0 Å². The van der Waals surface area contributed by atoms with Gasteiger partial charge in [0.2, 0.25) is 0 Å². The maximum Gasteiger partial charge on any atom is 0.275 e. The minimum Gasteiger partial charge on any atom is -0.345 e. The number of hydrogen-bond acceptors (Lipinski definition) is 4. The fourth-order valence-electron chi connectivity index (χ4n) is 2.38. The highest BCUT2D eigenvalue weighted by Crippen LogP contribution is 2.13. The lowest BCUT2D eigenvalue weighted by molar-refractivity contribution is 0.0945. The van der Waals surface area contributed by atoms with Crippen molar-refractivity contribution >= 4 is 16.7 Å². The van der Waals surface area contributed by atoms with Gasteiger partial charge in [0.15, 0.2) is 0 Å². The molecule has 1 N–H and O–H groups in total. The lowest BCUT2D eigenvalue weighted by Crippen LogP contribution is -2.28. The molecule has 24 heavy (non-hydrogen) atoms. The molecule has 1 aromatic carbocycles. The second-order valence-electron chi connectivity index (χ2n) is 5.06. The number of nitrogens with one attached hydrogen (secondary N) is 1. The van der Waals surface area contributed by atoms with E-state index in [4.69, 9.17) is 6.42 Å². The zero-order valence-electron chi connectivity index (χ0n) is 12.8. The fourth-order valence-corrected chi connectivity index (χ4v) is 2.38. The average molecular weight is 318 g/mol. The predicted octanol–water partition coefficient (Wildman–Crippen LogP) is 1.35. The molecule has 3 aromatic rings. The maximum absolute atomic E-state index is 12.3. The number of fused-ring (bicyclic) bond motifs is 1. The van der Waals surface area contributed by atoms with Gasteiger partial charge in [0.25, 0.3) is 11.5 Å². The summed E-state index contributed by atoms with van der Waals surface area (Å²) in [6.45, 7) is 0.242. The summed E-state index contributed by atoms with van der Waals surface area (Å²) in [6.07, 6.45) is 6.85. The van der Waals surface area contributed by atoms with E-state index in [-0.39, 0.29) is 24.6 Å². The van der Waals surface area contributed by atoms with Crippen molar-refractivity contribution in [2.24, 2.45) is 0 Å². The van der Waals surface area contributed by atoms with Crippen molar-refractivity contribution in [1.29, 1.82) is 0 Å². The maximum atomic E-state index is 12.3. The predicted molar refractivity (Wildman–Crippen MR) is 90.2 cm³/mol. The van der Waals surface area contributed by atoms with Gasteiger partial charge in [-0.05, 0) is 18.2 Å². The third kappa shape index (κ3) is 3.01. The summed E-state index contributed by atoms with van der Waals surface area (Å²) in [7, 11) is 0. The molecule has 0 bridgehead atoms. The van der Waals surface area contributed by atoms with Crippen LogP contribution in [0, 0.1) is 12.3 Å². The van der Waals surface area contributed by atoms with Crippen LogP contribution in [0.3, 0.4) is 0 Å². The minimum absolute atomic E-state index is 0.0743. The number of carbonyl (C=O) groups is 1. The Labute approximate surface area is 138 Å². The zero-order valence-corrected chi connectivity index (χ0v) is 12.8. The molecule has 0 spiro atoms. The zero-order chi connectivity index (χ0) is 16.9. The Kier molecular flexibility index (Phi) is 4.34. The second kappa shape index (κ2) is 6.75. The first-order chi connectivity index (χ1) is 11.7. The van der Waals surface area contributed by atoms with Gasteiger partial charge in [-0.15, -0.1) is 6.42 Å². The van der Waals surface area contributed by atoms with Crippen LogP contribution in [0.2, 0.25) is 0 Å². The molecule has 0 fully saturated rings. The molecule has 118 valence electrons. The van der Waals surface area contributed by atoms with E-state index in [0.29, 0.717) is 22.2 Å². The standard InChI is InChI=1S/C18H14N4O2/c1-2-11-22-18(24)14-8-4-3-7-13(14)16(21-22)12-20-17(23)15-9-5-6-10-19-15/h1,3-10H,11-12H2,(H,20,23). The summed E-state index contributed by atoms with van der Waals surface area (Å²) in [5.41, 5.74) is 0.645. The molecule has 3 rings (SSSR count). The molecule has 0 aliphatic heterocycles. The van der Waals surface area contributed by atoms with Crippen molar-refractivity contribution < 1.29 is 4.79 Å². The highest BCUT2D eigenvalue weighted by molar-refractivity contribution is 5.92. The van der Waals surface area contributed by atoms with E-state index in [1.807, 2.05) is 6.07 Å². The minimum atomic E-state index is -0.309. The molecule has 0 saturated heterocycles. The number of amides is 1. The lowest BCUT2D eigenvalue weighted by atomic mass is 10.1. The first-order valence-corrected chi connectivity index (χ1v) is 7.32. The molecule has 2 heterocycles. The van der Waals surface area contributed by atoms with Gasteiger partial charge in [0.05, 0.1) is 17.6 Å². The van der Waals surface area contributed by atoms with Crippen molar-refractivity contribution in [2.75, 3.05) is 0 Å². The van der Waals surface area contributed by atoms with Crippen LogP contribution in [0.1, 0.15) is 16.2 Å². The van der Waals surface area contributed by atoms with Crippen molar-refractivity contribution in [3.05, 3.63) is 70.4 Å². The van der Waals surface area contributed by atoms with E-state index in [2.05, 4.69) is 21.3 Å². The van der Waals surface area contributed by atoms with Crippen LogP contribution in [0.4, 0.5) is 0 Å². The summed E-state index contributed by atoms with van der Waals surface area (Å²) in [5.74, 6) is 2.10. The molecule has 1 amide bonds. The summed E-state index contributed by atoms with van der Waals surface area (Å²) in [5, 5.41) is 8.26. The highest BCUT2D eigenvalue weighted by atomic mass is 16.2. The van der Waals surface area contributed by atoms with Gasteiger partial charge in [0, 0.05) is 11.6 Å². The van der Waals surface area contributed by atoms with Crippen molar-refractivity contribution in [1.82, 2.24) is 20.1 Å². The van der Waals surface area contributed by atoms with E-state index < -0.39 is 0 Å². The van der Waals surface area contributed by atoms with Crippen LogP contribution in [-0.4, -0.2) is 20.7 Å². The number of carbonyl (C=O) groups excluding carboxylic acids is 1. The Hall–Kier alpha value is -3.46. The number of benzene rings is 1. The van der Waals surface area contributed by atoms with Crippen LogP contribution in [0.5, 0.6) is 0 Å². The van der Waals surface area contributed by atoms with Gasteiger partial charge in [-0.25, -0.2) is 4.68 Å². The fraction of sp³-hybridized carbons (Fsp3) is 0.111. The van der Waals surface area contributed by atoms with Crippen LogP contribution in [0.15, 0.2) is 53.5 Å². The van der Waals surface area contributed by atoms with Gasteiger partial charge >= 0.3 is 0 Å². The third-order valence-electron chi connectivity index (χ3n) is 3.50. The van der Waals surface area contributed by atoms with E-state index in [0.717, 1.165) is 0 Å². The Balaban J connectivity index is 1.94. The number of aromatic nitrogens is 3. The van der Waals surface area contributed by atoms with Crippen molar-refractivity contribution in [2.45, 2.75) is 13.1 Å². The Morgan fingerprint density at radius 3 is 2.62 bits per heavy atom. The molecule has 0 unspecified atom stereocenters. The SMILES string of the molecule is C#CCn1nc(CNC(=O)c2ccccn2)c2ccccc2c1=O. The second-order valence-corrected chi connectivity index (χ2v) is 5.06. The molecule has 2 aromatic heterocycles. The van der Waals surface area contributed by atoms with Crippen LogP contribution < -0.4 is 10.9 Å². The van der Waals surface area contributed by atoms with Gasteiger partial charge < -0.3 is 5.32 Å². The van der Waals surface area contributed by atoms with E-state index >= 15 is 0 Å². The van der Waals surface area contributed by atoms with Gasteiger partial charge in [-0.1, -0.05) is 30.2 Å². The Bertz CT molecular complexity index is 987. The number of rotatable bonds is 4. The highest BCUT2D eigenvalue weighted by Gasteiger charge is 2.12. The molecule has 0 radical (unpaired) electrons. The molecule has 0 atom stereocenters. The van der Waals surface area contributed by atoms with Crippen molar-refractivity contribution in [3.63, 3.8) is 0 Å². The number of nitrogens with zero attached hydrogens (tertiary/aromatic N) is 3. The van der Waals surface area contributed by atoms with Crippen LogP contribution in [0.25, 0.3) is 10.8 Å². The third-order valence-corrected chi connectivity index (χ3v) is 3.50. The quantitative estimate of drug-likeness (QED) is 0.737. The average Bonchev–Trinajstić information content (AvgIpc) is 2.63. The molecule has 0 aliphatic carbocycles. The molecule has 0 saturated carbocycles. The smallest absolute Gasteiger partial charge is 0.275 e. The van der Waals surface area contributed by atoms with E-state index in [1.54, 1.807) is 42.6 Å². The molecular weight excluding hydrogens is 304 g/mol. The molecular formula is C18H14N4O2. The number of pyridine rings is 1. The summed E-state index contributed by atoms with van der Waals surface area (Å²) < 4.78 is 1.23. The van der Waals surface area contributed by atoms with Crippen LogP contribution in [-0.2, 0) is 13.1 Å². The Morgan fingerprint density at radius 2 is 1.92 bits per heavy atom. The van der Waals surface area contributed by atoms with E-state index in [9.17, 15) is 9.59 Å². The summed E-state index contributed by atoms with van der Waals surface area (Å²) in [6, 6.07) is 12.2. The molecule has 6 nitrogen and oxygen atoms in total.